The van der Waals surface area contributed by atoms with E-state index in [1.165, 1.54) is 45.1 Å². The molecule has 0 spiro atoms. The van der Waals surface area contributed by atoms with Gasteiger partial charge in [-0.25, -0.2) is 38.2 Å². The second kappa shape index (κ2) is 23.4. The minimum Gasteiger partial charge on any atom is -0.483 e. The van der Waals surface area contributed by atoms with Crippen molar-refractivity contribution in [3.8, 4) is 5.75 Å². The molecule has 0 radical (unpaired) electrons. The Hall–Kier alpha value is -6.05. The quantitative estimate of drug-likeness (QED) is 0.0263. The van der Waals surface area contributed by atoms with Crippen LogP contribution in [0.15, 0.2) is 65.2 Å². The molecule has 9 heterocycles. The third-order valence-electron chi connectivity index (χ3n) is 13.6. The lowest BCUT2D eigenvalue weighted by atomic mass is 9.95. The Kier molecular flexibility index (Phi) is 17.0. The first-order valence-corrected chi connectivity index (χ1v) is 30.6. The molecule has 7 aromatic rings. The van der Waals surface area contributed by atoms with Crippen molar-refractivity contribution in [1.29, 1.82) is 0 Å². The number of phosphoric acid groups is 3. The number of aliphatic hydroxyl groups is 2. The molecule has 0 saturated carbocycles. The van der Waals surface area contributed by atoms with Crippen LogP contribution in [0.5, 0.6) is 5.75 Å². The molecule has 16 atom stereocenters. The minimum absolute atomic E-state index is 0.00413. The number of ether oxygens (including phenoxy) is 6. The topological polar surface area (TPSA) is 531 Å². The van der Waals surface area contributed by atoms with E-state index >= 15 is 0 Å². The summed E-state index contributed by atoms with van der Waals surface area (Å²) in [6, 6.07) is 8.15. The summed E-state index contributed by atoms with van der Waals surface area (Å²) >= 11 is 0. The molecule has 0 bridgehead atoms. The van der Waals surface area contributed by atoms with E-state index in [9.17, 15) is 57.6 Å². The third kappa shape index (κ3) is 12.3. The van der Waals surface area contributed by atoms with Crippen LogP contribution in [-0.2, 0) is 71.2 Å². The Morgan fingerprint density at radius 2 is 1.33 bits per heavy atom. The molecule has 0 amide bonds. The number of aromatic amines is 2. The maximum absolute atomic E-state index is 14.8. The lowest BCUT2D eigenvalue weighted by Crippen LogP contribution is -2.45. The largest absolute Gasteiger partial charge is 0.490 e. The van der Waals surface area contributed by atoms with Crippen molar-refractivity contribution in [2.75, 3.05) is 57.8 Å². The molecule has 38 nitrogen and oxygen atoms in total. The van der Waals surface area contributed by atoms with E-state index in [0.29, 0.717) is 0 Å². The molecule has 1 aromatic carbocycles. The highest BCUT2D eigenvalue weighted by atomic mass is 31.3. The van der Waals surface area contributed by atoms with Gasteiger partial charge in [-0.2, -0.15) is 13.6 Å². The monoisotopic (exact) mass is 1250 g/mol. The van der Waals surface area contributed by atoms with Gasteiger partial charge < -0.3 is 79.9 Å². The van der Waals surface area contributed by atoms with Crippen molar-refractivity contribution in [3.63, 3.8) is 0 Å². The molecule has 3 fully saturated rings. The normalized spacial score (nSPS) is 28.6. The first-order valence-electron chi connectivity index (χ1n) is 24.4. The van der Waals surface area contributed by atoms with Crippen LogP contribution in [0, 0.1) is 5.92 Å². The van der Waals surface area contributed by atoms with Gasteiger partial charge in [0.05, 0.1) is 45.6 Å². The summed E-state index contributed by atoms with van der Waals surface area (Å²) < 4.78 is 120. The molecule has 3 aliphatic rings. The Morgan fingerprint density at radius 3 is 2.01 bits per heavy atom. The van der Waals surface area contributed by atoms with Crippen molar-refractivity contribution >= 4 is 82.3 Å². The average Bonchev–Trinajstić information content (AvgIpc) is 2.39. The molecule has 6 aromatic heterocycles. The number of H-pyrrole nitrogens is 2. The summed E-state index contributed by atoms with van der Waals surface area (Å²) in [6.07, 6.45) is -10.1. The Bertz CT molecular complexity index is 3850. The molecule has 4 unspecified atom stereocenters. The number of aromatic nitrogens is 12. The van der Waals surface area contributed by atoms with Crippen molar-refractivity contribution in [2.45, 2.75) is 73.5 Å². The number of hydrogen-bond acceptors (Lipinski definition) is 28. The second-order valence-corrected chi connectivity index (χ2v) is 25.5. The van der Waals surface area contributed by atoms with Crippen LogP contribution < -0.4 is 37.6 Å². The summed E-state index contributed by atoms with van der Waals surface area (Å²) in [6.45, 7) is -3.09. The first-order chi connectivity index (χ1) is 39.3. The van der Waals surface area contributed by atoms with Gasteiger partial charge in [-0.15, -0.1) is 0 Å². The van der Waals surface area contributed by atoms with Crippen molar-refractivity contribution in [2.24, 2.45) is 13.0 Å². The van der Waals surface area contributed by atoms with E-state index < -0.39 is 135 Å². The number of nitrogens with zero attached hydrogens (tertiary/aromatic N) is 10. The van der Waals surface area contributed by atoms with Gasteiger partial charge in [-0.1, -0.05) is 23.2 Å². The standard InChI is InChI=1S/C41H53N15O23P4/c1-53-17-56(34-25(53)36(60)52-41(44)50-34)37-26(57)19(9-10-69-2)20(75-37)11-72-81(63,64)78-83(67,68)79-82(65,66)73-13-22-30(29(70-3)39(77-22)54-15-47-23-31(42)45-14-46-32(23)54)80(61,62)71-12-21-27(58)28(74-18-7-5-4-6-8-18)38(76-21)55-16-48-24-33(55)49-40(43)51-35(24)59/h4-8,14-17,19-22,26-30,37-39,57-58H,9-13H2,1-3H3,(H11-,42,43,44,45,46,49,50,51,52,59,60,61,62,63,64,65,66,67,68)/p+1/t19-,20-,21-,22-,26-,27-,28-,29-,30-,37-,38-,39-/m1/s1. The number of nitrogen functional groups attached to an aromatic ring is 3. The summed E-state index contributed by atoms with van der Waals surface area (Å²) in [4.78, 5) is 98.8. The average molecular weight is 1250 g/mol. The zero-order valence-electron chi connectivity index (χ0n) is 43.3. The van der Waals surface area contributed by atoms with Gasteiger partial charge in [-0.3, -0.25) is 46.9 Å². The number of phosphoric ester groups is 2. The van der Waals surface area contributed by atoms with Gasteiger partial charge in [0.2, 0.25) is 17.7 Å². The molecule has 450 valence electrons. The predicted molar refractivity (Wildman–Crippen MR) is 277 cm³/mol. The molecule has 3 saturated heterocycles. The number of para-hydroxylation sites is 1. The van der Waals surface area contributed by atoms with E-state index in [0.717, 1.165) is 19.8 Å². The molecule has 10 rings (SSSR count). The lowest BCUT2D eigenvalue weighted by Gasteiger charge is -2.28. The number of benzene rings is 1. The Labute approximate surface area is 464 Å². The fraction of sp³-hybridized carbons (Fsp3) is 0.488. The minimum atomic E-state index is -6.20. The summed E-state index contributed by atoms with van der Waals surface area (Å²) in [7, 11) is -19.3. The van der Waals surface area contributed by atoms with Gasteiger partial charge in [0, 0.05) is 26.7 Å². The number of aryl methyl sites for hydroxylation is 1. The van der Waals surface area contributed by atoms with E-state index in [2.05, 4.69) is 48.5 Å². The molecule has 14 N–H and O–H groups in total. The number of methoxy groups -OCH3 is 2. The highest BCUT2D eigenvalue weighted by Gasteiger charge is 2.58. The van der Waals surface area contributed by atoms with Gasteiger partial charge in [0.1, 0.15) is 53.8 Å². The van der Waals surface area contributed by atoms with Gasteiger partial charge in [-0.05, 0) is 18.6 Å². The molecule has 42 heteroatoms. The van der Waals surface area contributed by atoms with E-state index in [1.807, 2.05) is 0 Å². The van der Waals surface area contributed by atoms with Crippen LogP contribution in [0.1, 0.15) is 25.1 Å². The lowest BCUT2D eigenvalue weighted by molar-refractivity contribution is -0.745. The maximum atomic E-state index is 14.8. The van der Waals surface area contributed by atoms with Crippen molar-refractivity contribution in [3.05, 3.63) is 76.3 Å². The van der Waals surface area contributed by atoms with Gasteiger partial charge >= 0.3 is 36.7 Å². The van der Waals surface area contributed by atoms with Crippen LogP contribution in [-0.4, -0.2) is 172 Å². The van der Waals surface area contributed by atoms with Gasteiger partial charge in [0.15, 0.2) is 47.5 Å². The molecule has 0 aliphatic carbocycles. The van der Waals surface area contributed by atoms with Crippen molar-refractivity contribution < 1.29 is 103 Å². The summed E-state index contributed by atoms with van der Waals surface area (Å²) in [5, 5.41) is 23.2. The number of fused-ring (bicyclic) bond motifs is 3. The molecule has 83 heavy (non-hydrogen) atoms. The van der Waals surface area contributed by atoms with Crippen LogP contribution in [0.2, 0.25) is 0 Å². The van der Waals surface area contributed by atoms with Crippen molar-refractivity contribution in [1.82, 2.24) is 53.6 Å². The first kappa shape index (κ1) is 60.1. The number of rotatable bonds is 23. The number of imidazole rings is 3. The second-order valence-electron chi connectivity index (χ2n) is 18.8. The third-order valence-corrected chi connectivity index (χ3v) is 19.7. The maximum Gasteiger partial charge on any atom is 0.490 e. The zero-order valence-corrected chi connectivity index (χ0v) is 46.9. The van der Waals surface area contributed by atoms with E-state index in [4.69, 9.17) is 59.2 Å². The highest BCUT2D eigenvalue weighted by molar-refractivity contribution is 7.66. The van der Waals surface area contributed by atoms with Crippen LogP contribution in [0.3, 0.4) is 0 Å². The smallest absolute Gasteiger partial charge is 0.483 e. The number of nitrogens with one attached hydrogen (secondary N) is 2. The van der Waals surface area contributed by atoms with Crippen LogP contribution in [0.4, 0.5) is 17.7 Å². The predicted octanol–water partition coefficient (Wildman–Crippen LogP) is -1.26. The van der Waals surface area contributed by atoms with E-state index in [-0.39, 0.29) is 70.0 Å². The Morgan fingerprint density at radius 1 is 0.711 bits per heavy atom. The highest BCUT2D eigenvalue weighted by Crippen LogP contribution is 2.68. The number of aliphatic hydroxyl groups excluding tert-OH is 2. The fourth-order valence-electron chi connectivity index (χ4n) is 9.95. The number of hydrogen-bond donors (Lipinski definition) is 11. The molecule has 3 aliphatic heterocycles. The SMILES string of the molecule is COCC[C@H]1[C@@H](O)[C@H]([n+]2cn(C)c3c(=O)[nH]c(N)nc32)O[C@@H]1COP(=O)(O)OP(=O)(O)OP(=O)(O)OC[C@H]1O[C@@H](n2cnc3c(N)ncnc32)[C@H](OC)[C@@H]1P(=O)(O)OC[C@H]1O[C@@H](n2cnc3c(=O)[nH]c(N)nc32)[C@H](Oc2ccccc2)[C@@H]1O. The number of nitrogens with two attached hydrogens (primary N) is 3. The van der Waals surface area contributed by atoms with E-state index in [1.54, 1.807) is 30.3 Å². The Balaban J connectivity index is 0.850. The van der Waals surface area contributed by atoms with Crippen LogP contribution in [0.25, 0.3) is 33.5 Å². The summed E-state index contributed by atoms with van der Waals surface area (Å²) in [5.41, 5.74) is 14.2. The summed E-state index contributed by atoms with van der Waals surface area (Å²) in [5.74, 6) is -1.31. The zero-order chi connectivity index (χ0) is 59.5. The fourth-order valence-corrected chi connectivity index (χ4v) is 15.2. The molecular formula is C41H54N15O23P4+. The van der Waals surface area contributed by atoms with Crippen LogP contribution >= 0.6 is 31.1 Å². The van der Waals surface area contributed by atoms with Gasteiger partial charge in [0.25, 0.3) is 17.1 Å². The molecular weight excluding hydrogens is 1190 g/mol. The number of anilines is 3.